The van der Waals surface area contributed by atoms with E-state index in [9.17, 15) is 39.4 Å². The summed E-state index contributed by atoms with van der Waals surface area (Å²) < 4.78 is 41.2. The van der Waals surface area contributed by atoms with Gasteiger partial charge in [0, 0.05) is 22.8 Å². The molecule has 9 N–H and O–H groups in total. The molecule has 0 spiro atoms. The van der Waals surface area contributed by atoms with E-state index in [1.165, 1.54) is 107 Å². The van der Waals surface area contributed by atoms with E-state index in [-0.39, 0.29) is 101 Å². The number of methoxy groups -OCH3 is 5. The van der Waals surface area contributed by atoms with E-state index in [1.54, 1.807) is 7.05 Å². The van der Waals surface area contributed by atoms with Gasteiger partial charge in [-0.25, -0.2) is 4.79 Å². The molecule has 0 aromatic heterocycles. The highest BCUT2D eigenvalue weighted by molar-refractivity contribution is 6.32. The van der Waals surface area contributed by atoms with Crippen LogP contribution in [0.5, 0.6) is 46.0 Å². The quantitative estimate of drug-likeness (QED) is 0.0807. The normalized spacial score (nSPS) is 21.7. The minimum Gasteiger partial charge on any atom is -0.497 e. The fourth-order valence-electron chi connectivity index (χ4n) is 9.95. The average molecular weight is 1200 g/mol. The SMILES string of the molecule is CN[C@H](CC(C)C)C(=O)N[C@H]1C(=O)N[C@@H](CC#N)C(=O)N[C@H]2C(=O)N[C@H]3C(=O)N[C@H](C(=O)N[C@H](C(=O)OC)c4cc(OC)cc(OC)c4-c4cc3ccc4OC)[C@H](O)c3ccc(c(Cl)c3)Oc3cc2cc(c3OC)Oc2ccc(cc2Cl)[C@H]1O. The van der Waals surface area contributed by atoms with Gasteiger partial charge in [0.15, 0.2) is 17.5 Å². The zero-order valence-corrected chi connectivity index (χ0v) is 48.0. The number of aliphatic hydroxyl groups is 2. The number of hydrogen-bond donors (Lipinski definition) is 9. The van der Waals surface area contributed by atoms with Crippen molar-refractivity contribution < 1.29 is 76.9 Å². The molecule has 5 aromatic carbocycles. The van der Waals surface area contributed by atoms with Gasteiger partial charge in [0.25, 0.3) is 0 Å². The number of ether oxygens (including phenoxy) is 7. The second-order valence-electron chi connectivity index (χ2n) is 20.0. The highest BCUT2D eigenvalue weighted by Gasteiger charge is 2.42. The molecule has 0 radical (unpaired) electrons. The second kappa shape index (κ2) is 26.2. The molecule has 5 aliphatic heterocycles. The number of aliphatic hydroxyl groups excluding tert-OH is 2. The number of halogens is 2. The lowest BCUT2D eigenvalue weighted by atomic mass is 9.89. The molecule has 0 saturated carbocycles. The van der Waals surface area contributed by atoms with E-state index in [0.717, 1.165) is 7.11 Å². The predicted octanol–water partition coefficient (Wildman–Crippen LogP) is 4.73. The van der Waals surface area contributed by atoms with Gasteiger partial charge in [-0.1, -0.05) is 55.2 Å². The van der Waals surface area contributed by atoms with Gasteiger partial charge in [-0.2, -0.15) is 5.26 Å². The molecule has 84 heavy (non-hydrogen) atoms. The summed E-state index contributed by atoms with van der Waals surface area (Å²) in [5, 5.41) is 52.5. The molecule has 9 atom stereocenters. The molecule has 0 unspecified atom stereocenters. The number of fused-ring (bicyclic) bond motifs is 15. The van der Waals surface area contributed by atoms with Crippen LogP contribution in [0.4, 0.5) is 0 Å². The lowest BCUT2D eigenvalue weighted by Gasteiger charge is -2.31. The van der Waals surface area contributed by atoms with Crippen molar-refractivity contribution in [2.24, 2.45) is 5.92 Å². The molecular formula is C58H60Cl2N8O16. The molecule has 11 bridgehead atoms. The van der Waals surface area contributed by atoms with E-state index in [4.69, 9.17) is 56.4 Å². The number of nitriles is 1. The Kier molecular flexibility index (Phi) is 19.1. The van der Waals surface area contributed by atoms with Crippen LogP contribution < -0.4 is 65.6 Å². The first-order valence-corrected chi connectivity index (χ1v) is 26.8. The monoisotopic (exact) mass is 1190 g/mol. The number of carbonyl (C=O) groups excluding carboxylic acids is 7. The molecule has 24 nitrogen and oxygen atoms in total. The number of carbonyl (C=O) groups is 7. The van der Waals surface area contributed by atoms with Crippen molar-refractivity contribution in [3.8, 4) is 63.2 Å². The Morgan fingerprint density at radius 3 is 1.81 bits per heavy atom. The number of hydrogen-bond acceptors (Lipinski definition) is 18. The Bertz CT molecular complexity index is 3470. The largest absolute Gasteiger partial charge is 0.497 e. The summed E-state index contributed by atoms with van der Waals surface area (Å²) in [6, 6.07) is 7.50. The fourth-order valence-corrected chi connectivity index (χ4v) is 10.4. The third-order valence-electron chi connectivity index (χ3n) is 14.2. The van der Waals surface area contributed by atoms with Crippen LogP contribution in [0.15, 0.2) is 78.9 Å². The summed E-state index contributed by atoms with van der Waals surface area (Å²) in [7, 11) is 7.94. The third kappa shape index (κ3) is 12.7. The van der Waals surface area contributed by atoms with Crippen LogP contribution >= 0.6 is 23.2 Å². The van der Waals surface area contributed by atoms with Crippen molar-refractivity contribution in [2.45, 2.75) is 81.2 Å². The average Bonchev–Trinajstić information content (AvgIpc) is 2.19. The van der Waals surface area contributed by atoms with Crippen LogP contribution in [-0.2, 0) is 38.3 Å². The molecule has 5 aromatic rings. The van der Waals surface area contributed by atoms with Crippen LogP contribution in [0, 0.1) is 17.2 Å². The molecule has 6 amide bonds. The molecule has 5 heterocycles. The summed E-state index contributed by atoms with van der Waals surface area (Å²) in [6.45, 7) is 3.76. The van der Waals surface area contributed by atoms with Gasteiger partial charge in [-0.15, -0.1) is 0 Å². The van der Waals surface area contributed by atoms with Crippen LogP contribution in [-0.4, -0.2) is 118 Å². The number of esters is 1. The summed E-state index contributed by atoms with van der Waals surface area (Å²) >= 11 is 13.8. The Hall–Kier alpha value is -8.86. The van der Waals surface area contributed by atoms with Crippen molar-refractivity contribution in [1.29, 1.82) is 5.26 Å². The Morgan fingerprint density at radius 1 is 0.655 bits per heavy atom. The number of benzene rings is 5. The minimum atomic E-state index is -2.01. The van der Waals surface area contributed by atoms with Crippen molar-refractivity contribution >= 4 is 64.6 Å². The summed E-state index contributed by atoms with van der Waals surface area (Å²) in [5.41, 5.74) is 0.0867. The van der Waals surface area contributed by atoms with E-state index >= 15 is 9.59 Å². The van der Waals surface area contributed by atoms with Crippen molar-refractivity contribution in [3.63, 3.8) is 0 Å². The number of rotatable bonds is 11. The van der Waals surface area contributed by atoms with E-state index in [1.807, 2.05) is 19.9 Å². The maximum absolute atomic E-state index is 15.7. The smallest absolute Gasteiger partial charge is 0.333 e. The summed E-state index contributed by atoms with van der Waals surface area (Å²) in [5.74, 6) is -7.82. The number of nitrogens with zero attached hydrogens (tertiary/aromatic N) is 1. The van der Waals surface area contributed by atoms with Crippen molar-refractivity contribution in [3.05, 3.63) is 117 Å². The molecule has 5 aliphatic rings. The standard InChI is InChI=1S/C58H60Cl2N8O16/c1-25(2)17-36(62-3)53(72)67-47-49(69)27-10-13-38(33(59)19-27)83-41-21-29-22-42(51(41)81-7)84-39-14-11-28(20-34(39)60)50(70)48-57(76)66-46(58(77)82-8)32-23-30(78-4)24-40(80-6)43(32)31-18-26(9-12-37(31)79-5)44(54(73)68-48)65-55(74)45(29)64-52(71)35(15-16-61)63-56(47)75/h9-14,18-25,35-36,44-50,62,69-70H,15,17H2,1-8H3,(H,63,75)(H,64,71)(H,65,74)(H,66,76)(H,67,72)(H,68,73)/t35-,36+,44+,45+,46-,47+,48-,49+,50+/m0/s1. The number of amides is 6. The first-order valence-electron chi connectivity index (χ1n) is 26.1. The first kappa shape index (κ1) is 61.2. The molecule has 26 heteroatoms. The third-order valence-corrected chi connectivity index (χ3v) is 14.8. The van der Waals surface area contributed by atoms with Crippen LogP contribution in [0.3, 0.4) is 0 Å². The summed E-state index contributed by atoms with van der Waals surface area (Å²) in [4.78, 5) is 103. The molecule has 0 fully saturated rings. The highest BCUT2D eigenvalue weighted by Crippen LogP contribution is 2.48. The van der Waals surface area contributed by atoms with E-state index < -0.39 is 102 Å². The van der Waals surface area contributed by atoms with Gasteiger partial charge in [0.05, 0.1) is 64.1 Å². The van der Waals surface area contributed by atoms with Crippen LogP contribution in [0.2, 0.25) is 10.0 Å². The predicted molar refractivity (Wildman–Crippen MR) is 300 cm³/mol. The Labute approximate surface area is 491 Å². The van der Waals surface area contributed by atoms with Gasteiger partial charge >= 0.3 is 5.97 Å². The lowest BCUT2D eigenvalue weighted by Crippen LogP contribution is -2.58. The van der Waals surface area contributed by atoms with Gasteiger partial charge in [-0.05, 0) is 96.2 Å². The fraction of sp³-hybridized carbons (Fsp3) is 0.345. The zero-order valence-electron chi connectivity index (χ0n) is 46.5. The Balaban J connectivity index is 1.39. The molecular weight excluding hydrogens is 1140 g/mol. The van der Waals surface area contributed by atoms with Gasteiger partial charge in [-0.3, -0.25) is 28.8 Å². The molecule has 442 valence electrons. The van der Waals surface area contributed by atoms with Gasteiger partial charge < -0.3 is 80.6 Å². The molecule has 10 rings (SSSR count). The maximum Gasteiger partial charge on any atom is 0.333 e. The van der Waals surface area contributed by atoms with Gasteiger partial charge in [0.1, 0.15) is 71.2 Å². The molecule has 0 aliphatic carbocycles. The first-order chi connectivity index (χ1) is 40.2. The topological polar surface area (TPSA) is 333 Å². The number of nitrogens with one attached hydrogen (secondary N) is 7. The van der Waals surface area contributed by atoms with E-state index in [0.29, 0.717) is 6.42 Å². The van der Waals surface area contributed by atoms with E-state index in [2.05, 4.69) is 37.2 Å². The van der Waals surface area contributed by atoms with Crippen LogP contribution in [0.25, 0.3) is 11.1 Å². The van der Waals surface area contributed by atoms with Crippen LogP contribution in [0.1, 0.15) is 84.8 Å². The molecule has 0 saturated heterocycles. The minimum absolute atomic E-state index is 0.00824. The number of likely N-dealkylation sites (N-methyl/N-ethyl adjacent to an activating group) is 1. The summed E-state index contributed by atoms with van der Waals surface area (Å²) in [6.07, 6.45) is -4.24. The second-order valence-corrected chi connectivity index (χ2v) is 20.8. The van der Waals surface area contributed by atoms with Gasteiger partial charge in [0.2, 0.25) is 41.2 Å². The Morgan fingerprint density at radius 2 is 1.25 bits per heavy atom. The van der Waals surface area contributed by atoms with Crippen molar-refractivity contribution in [1.82, 2.24) is 37.2 Å². The zero-order chi connectivity index (χ0) is 60.8. The highest BCUT2D eigenvalue weighted by atomic mass is 35.5. The lowest BCUT2D eigenvalue weighted by molar-refractivity contribution is -0.146. The van der Waals surface area contributed by atoms with Crippen molar-refractivity contribution in [2.75, 3.05) is 42.6 Å². The maximum atomic E-state index is 15.7.